The highest BCUT2D eigenvalue weighted by molar-refractivity contribution is 4.78. The third kappa shape index (κ3) is 6.73. The Morgan fingerprint density at radius 3 is 2.42 bits per heavy atom. The average molecular weight is 270 g/mol. The van der Waals surface area contributed by atoms with E-state index in [9.17, 15) is 0 Å². The molecule has 19 heavy (non-hydrogen) atoms. The molecule has 2 atom stereocenters. The first-order chi connectivity index (χ1) is 9.00. The maximum absolute atomic E-state index is 5.86. The van der Waals surface area contributed by atoms with Gasteiger partial charge in [-0.05, 0) is 44.7 Å². The Morgan fingerprint density at radius 1 is 1.16 bits per heavy atom. The van der Waals surface area contributed by atoms with E-state index < -0.39 is 0 Å². The van der Waals surface area contributed by atoms with Gasteiger partial charge in [0.15, 0.2) is 0 Å². The van der Waals surface area contributed by atoms with E-state index in [1.807, 2.05) is 0 Å². The first-order valence-electron chi connectivity index (χ1n) is 8.03. The number of nitrogens with one attached hydrogen (secondary N) is 1. The zero-order valence-electron chi connectivity index (χ0n) is 13.6. The van der Waals surface area contributed by atoms with Gasteiger partial charge in [-0.2, -0.15) is 0 Å². The minimum Gasteiger partial charge on any atom is -0.377 e. The maximum atomic E-state index is 5.86. The molecule has 2 unspecified atom stereocenters. The van der Waals surface area contributed by atoms with Crippen LogP contribution in [0.1, 0.15) is 47.0 Å². The Hall–Kier alpha value is -0.120. The Balaban J connectivity index is 2.35. The highest BCUT2D eigenvalue weighted by atomic mass is 16.5. The molecule has 0 aromatic rings. The summed E-state index contributed by atoms with van der Waals surface area (Å²) in [5.74, 6) is 1.40. The summed E-state index contributed by atoms with van der Waals surface area (Å²) in [7, 11) is 2.25. The molecule has 3 heteroatoms. The van der Waals surface area contributed by atoms with Crippen LogP contribution in [0.4, 0.5) is 0 Å². The third-order valence-electron chi connectivity index (χ3n) is 4.01. The first kappa shape index (κ1) is 16.9. The molecule has 3 nitrogen and oxygen atoms in total. The Morgan fingerprint density at radius 2 is 1.89 bits per heavy atom. The summed E-state index contributed by atoms with van der Waals surface area (Å²) in [5.41, 5.74) is 0. The number of nitrogens with zero attached hydrogens (tertiary/aromatic N) is 1. The predicted molar refractivity (Wildman–Crippen MR) is 82.6 cm³/mol. The standard InChI is InChI=1S/C16H34N2O/c1-13(2)10-17-11-16(14(3)4)18(5)12-15-8-6-7-9-19-15/h13-17H,6-12H2,1-5H3. The lowest BCUT2D eigenvalue weighted by atomic mass is 10.0. The molecule has 0 radical (unpaired) electrons. The van der Waals surface area contributed by atoms with Crippen LogP contribution in [0.2, 0.25) is 0 Å². The normalized spacial score (nSPS) is 22.4. The van der Waals surface area contributed by atoms with Crippen LogP contribution in [-0.4, -0.2) is 50.3 Å². The molecule has 1 saturated heterocycles. The average Bonchev–Trinajstić information content (AvgIpc) is 2.35. The molecule has 0 saturated carbocycles. The van der Waals surface area contributed by atoms with Crippen molar-refractivity contribution in [3.8, 4) is 0 Å². The van der Waals surface area contributed by atoms with Crippen LogP contribution in [0.15, 0.2) is 0 Å². The molecule has 1 N–H and O–H groups in total. The van der Waals surface area contributed by atoms with Crippen molar-refractivity contribution in [2.24, 2.45) is 11.8 Å². The van der Waals surface area contributed by atoms with Gasteiger partial charge in [0.25, 0.3) is 0 Å². The zero-order chi connectivity index (χ0) is 14.3. The highest BCUT2D eigenvalue weighted by Gasteiger charge is 2.23. The van der Waals surface area contributed by atoms with Gasteiger partial charge in [0.1, 0.15) is 0 Å². The number of hydrogen-bond donors (Lipinski definition) is 1. The van der Waals surface area contributed by atoms with Crippen molar-refractivity contribution in [2.45, 2.75) is 59.1 Å². The predicted octanol–water partition coefficient (Wildman–Crippen LogP) is 2.76. The minimum atomic E-state index is 0.449. The SMILES string of the molecule is CC(C)CNCC(C(C)C)N(C)CC1CCCCO1. The summed E-state index contributed by atoms with van der Waals surface area (Å²) in [6, 6.07) is 0.601. The van der Waals surface area contributed by atoms with Gasteiger partial charge in [0, 0.05) is 25.7 Å². The molecule has 1 rings (SSSR count). The summed E-state index contributed by atoms with van der Waals surface area (Å²) in [5, 5.41) is 3.60. The van der Waals surface area contributed by atoms with Crippen LogP contribution in [0, 0.1) is 11.8 Å². The molecule has 1 heterocycles. The lowest BCUT2D eigenvalue weighted by molar-refractivity contribution is -0.0116. The monoisotopic (exact) mass is 270 g/mol. The third-order valence-corrected chi connectivity index (χ3v) is 4.01. The molecule has 0 aromatic heterocycles. The topological polar surface area (TPSA) is 24.5 Å². The largest absolute Gasteiger partial charge is 0.377 e. The molecule has 0 bridgehead atoms. The van der Waals surface area contributed by atoms with Crippen molar-refractivity contribution in [3.05, 3.63) is 0 Å². The second-order valence-electron chi connectivity index (χ2n) is 6.79. The van der Waals surface area contributed by atoms with E-state index in [0.717, 1.165) is 32.2 Å². The fourth-order valence-corrected chi connectivity index (χ4v) is 2.83. The van der Waals surface area contributed by atoms with Crippen LogP contribution in [0.25, 0.3) is 0 Å². The fourth-order valence-electron chi connectivity index (χ4n) is 2.83. The van der Waals surface area contributed by atoms with Crippen molar-refractivity contribution in [1.29, 1.82) is 0 Å². The van der Waals surface area contributed by atoms with Gasteiger partial charge in [0.2, 0.25) is 0 Å². The molecule has 1 aliphatic rings. The van der Waals surface area contributed by atoms with Crippen molar-refractivity contribution >= 4 is 0 Å². The van der Waals surface area contributed by atoms with Crippen LogP contribution >= 0.6 is 0 Å². The first-order valence-corrected chi connectivity index (χ1v) is 8.03. The van der Waals surface area contributed by atoms with E-state index in [1.54, 1.807) is 0 Å². The van der Waals surface area contributed by atoms with Crippen molar-refractivity contribution in [1.82, 2.24) is 10.2 Å². The van der Waals surface area contributed by atoms with Crippen LogP contribution in [0.3, 0.4) is 0 Å². The Kier molecular flexibility index (Phi) is 7.96. The number of hydrogen-bond acceptors (Lipinski definition) is 3. The Labute approximate surface area is 120 Å². The molecule has 114 valence electrons. The highest BCUT2D eigenvalue weighted by Crippen LogP contribution is 2.16. The lowest BCUT2D eigenvalue weighted by Gasteiger charge is -2.35. The van der Waals surface area contributed by atoms with E-state index >= 15 is 0 Å². The minimum absolute atomic E-state index is 0.449. The molecular weight excluding hydrogens is 236 g/mol. The van der Waals surface area contributed by atoms with E-state index in [2.05, 4.69) is 45.0 Å². The molecule has 0 aliphatic carbocycles. The van der Waals surface area contributed by atoms with Crippen LogP contribution in [0.5, 0.6) is 0 Å². The van der Waals surface area contributed by atoms with Crippen LogP contribution in [-0.2, 0) is 4.74 Å². The number of likely N-dealkylation sites (N-methyl/N-ethyl adjacent to an activating group) is 1. The number of ether oxygens (including phenoxy) is 1. The molecule has 0 amide bonds. The van der Waals surface area contributed by atoms with Gasteiger partial charge >= 0.3 is 0 Å². The van der Waals surface area contributed by atoms with E-state index in [-0.39, 0.29) is 0 Å². The Bertz CT molecular complexity index is 225. The quantitative estimate of drug-likeness (QED) is 0.734. The fraction of sp³-hybridized carbons (Fsp3) is 1.00. The van der Waals surface area contributed by atoms with Gasteiger partial charge in [-0.25, -0.2) is 0 Å². The summed E-state index contributed by atoms with van der Waals surface area (Å²) in [6.45, 7) is 13.4. The smallest absolute Gasteiger partial charge is 0.0702 e. The van der Waals surface area contributed by atoms with Gasteiger partial charge < -0.3 is 10.1 Å². The second kappa shape index (κ2) is 8.93. The molecule has 0 spiro atoms. The zero-order valence-corrected chi connectivity index (χ0v) is 13.6. The van der Waals surface area contributed by atoms with E-state index in [0.29, 0.717) is 18.1 Å². The summed E-state index contributed by atoms with van der Waals surface area (Å²) in [4.78, 5) is 2.49. The molecular formula is C16H34N2O. The van der Waals surface area contributed by atoms with Gasteiger partial charge in [-0.3, -0.25) is 4.90 Å². The van der Waals surface area contributed by atoms with Crippen molar-refractivity contribution in [2.75, 3.05) is 33.3 Å². The van der Waals surface area contributed by atoms with E-state index in [1.165, 1.54) is 19.3 Å². The van der Waals surface area contributed by atoms with Crippen molar-refractivity contribution in [3.63, 3.8) is 0 Å². The van der Waals surface area contributed by atoms with E-state index in [4.69, 9.17) is 4.74 Å². The summed E-state index contributed by atoms with van der Waals surface area (Å²) < 4.78 is 5.86. The summed E-state index contributed by atoms with van der Waals surface area (Å²) in [6.07, 6.45) is 4.25. The lowest BCUT2D eigenvalue weighted by Crippen LogP contribution is -2.47. The molecule has 1 aliphatic heterocycles. The second-order valence-corrected chi connectivity index (χ2v) is 6.79. The molecule has 1 fully saturated rings. The maximum Gasteiger partial charge on any atom is 0.0702 e. The van der Waals surface area contributed by atoms with Gasteiger partial charge in [0.05, 0.1) is 6.10 Å². The van der Waals surface area contributed by atoms with Gasteiger partial charge in [-0.15, -0.1) is 0 Å². The number of rotatable bonds is 8. The summed E-state index contributed by atoms with van der Waals surface area (Å²) >= 11 is 0. The van der Waals surface area contributed by atoms with Gasteiger partial charge in [-0.1, -0.05) is 27.7 Å². The van der Waals surface area contributed by atoms with Crippen LogP contribution < -0.4 is 5.32 Å². The van der Waals surface area contributed by atoms with Crippen molar-refractivity contribution < 1.29 is 4.74 Å². The molecule has 0 aromatic carbocycles.